The Morgan fingerprint density at radius 1 is 1.25 bits per heavy atom. The molecule has 1 rings (SSSR count). The molecular formula is C13H20O3. The molecule has 0 atom stereocenters. The number of aryl methyl sites for hydroxylation is 1. The van der Waals surface area contributed by atoms with Gasteiger partial charge < -0.3 is 10.2 Å². The van der Waals surface area contributed by atoms with Crippen LogP contribution in [0.4, 0.5) is 0 Å². The van der Waals surface area contributed by atoms with Crippen molar-refractivity contribution < 1.29 is 15.0 Å². The monoisotopic (exact) mass is 224 g/mol. The van der Waals surface area contributed by atoms with Crippen LogP contribution in [0.1, 0.15) is 38.8 Å². The van der Waals surface area contributed by atoms with E-state index in [1.807, 2.05) is 19.1 Å². The number of hydrogen-bond acceptors (Lipinski definition) is 2. The van der Waals surface area contributed by atoms with Crippen LogP contribution in [0.2, 0.25) is 0 Å². The van der Waals surface area contributed by atoms with Crippen molar-refractivity contribution in [3.8, 4) is 5.75 Å². The van der Waals surface area contributed by atoms with E-state index in [0.29, 0.717) is 5.75 Å². The van der Waals surface area contributed by atoms with Crippen molar-refractivity contribution in [2.75, 3.05) is 0 Å². The van der Waals surface area contributed by atoms with Crippen LogP contribution in [-0.2, 0) is 10.2 Å². The second-order valence-electron chi connectivity index (χ2n) is 4.77. The molecule has 0 aliphatic heterocycles. The summed E-state index contributed by atoms with van der Waals surface area (Å²) in [5.74, 6) is -0.442. The van der Waals surface area contributed by atoms with Crippen molar-refractivity contribution in [3.63, 3.8) is 0 Å². The third-order valence-corrected chi connectivity index (χ3v) is 2.08. The number of phenols is 1. The van der Waals surface area contributed by atoms with Gasteiger partial charge in [0, 0.05) is 6.92 Å². The van der Waals surface area contributed by atoms with E-state index in [4.69, 9.17) is 9.90 Å². The average molecular weight is 224 g/mol. The normalized spacial score (nSPS) is 10.3. The first kappa shape index (κ1) is 14.5. The minimum atomic E-state index is -0.833. The minimum absolute atomic E-state index is 0.116. The van der Waals surface area contributed by atoms with Gasteiger partial charge >= 0.3 is 0 Å². The number of carboxylic acid groups (broad SMARTS) is 1. The zero-order valence-corrected chi connectivity index (χ0v) is 10.5. The quantitative estimate of drug-likeness (QED) is 0.712. The molecule has 0 unspecified atom stereocenters. The predicted molar refractivity (Wildman–Crippen MR) is 64.9 cm³/mol. The topological polar surface area (TPSA) is 57.5 Å². The van der Waals surface area contributed by atoms with Crippen molar-refractivity contribution in [1.29, 1.82) is 0 Å². The number of hydrogen-bond donors (Lipinski definition) is 2. The lowest BCUT2D eigenvalue weighted by Crippen LogP contribution is -2.10. The van der Waals surface area contributed by atoms with Gasteiger partial charge in [0.15, 0.2) is 0 Å². The molecule has 0 aliphatic rings. The van der Waals surface area contributed by atoms with Crippen LogP contribution in [0.3, 0.4) is 0 Å². The van der Waals surface area contributed by atoms with Gasteiger partial charge in [-0.1, -0.05) is 32.9 Å². The second-order valence-corrected chi connectivity index (χ2v) is 4.77. The summed E-state index contributed by atoms with van der Waals surface area (Å²) in [6, 6.07) is 5.86. The Hall–Kier alpha value is -1.51. The van der Waals surface area contributed by atoms with E-state index in [2.05, 4.69) is 26.8 Å². The van der Waals surface area contributed by atoms with Gasteiger partial charge in [-0.3, -0.25) is 4.79 Å². The highest BCUT2D eigenvalue weighted by Crippen LogP contribution is 2.27. The number of aromatic hydroxyl groups is 1. The molecule has 2 N–H and O–H groups in total. The molecule has 0 aliphatic carbocycles. The molecule has 1 aromatic carbocycles. The third kappa shape index (κ3) is 5.39. The van der Waals surface area contributed by atoms with Crippen LogP contribution in [0.25, 0.3) is 0 Å². The van der Waals surface area contributed by atoms with Crippen molar-refractivity contribution >= 4 is 5.97 Å². The van der Waals surface area contributed by atoms with Crippen molar-refractivity contribution in [2.24, 2.45) is 0 Å². The van der Waals surface area contributed by atoms with E-state index in [-0.39, 0.29) is 5.41 Å². The van der Waals surface area contributed by atoms with E-state index in [1.54, 1.807) is 0 Å². The van der Waals surface area contributed by atoms with E-state index in [1.165, 1.54) is 5.56 Å². The first-order chi connectivity index (χ1) is 7.14. The zero-order valence-electron chi connectivity index (χ0n) is 10.5. The standard InChI is InChI=1S/C11H16O.C2H4O2/c1-8-5-6-9(7-10(8)12)11(2,3)4;1-2(3)4/h5-7,12H,1-4H3;1H3,(H,3,4). The highest BCUT2D eigenvalue weighted by Gasteiger charge is 2.13. The molecule has 0 bridgehead atoms. The van der Waals surface area contributed by atoms with Gasteiger partial charge in [0.2, 0.25) is 0 Å². The van der Waals surface area contributed by atoms with Crippen LogP contribution in [0.5, 0.6) is 5.75 Å². The maximum Gasteiger partial charge on any atom is 0.300 e. The summed E-state index contributed by atoms with van der Waals surface area (Å²) < 4.78 is 0. The van der Waals surface area contributed by atoms with Crippen molar-refractivity contribution in [2.45, 2.75) is 40.0 Å². The first-order valence-corrected chi connectivity index (χ1v) is 5.14. The Morgan fingerprint density at radius 2 is 1.69 bits per heavy atom. The van der Waals surface area contributed by atoms with Gasteiger partial charge in [-0.05, 0) is 29.5 Å². The van der Waals surface area contributed by atoms with E-state index in [0.717, 1.165) is 12.5 Å². The number of carboxylic acids is 1. The summed E-state index contributed by atoms with van der Waals surface area (Å²) in [7, 11) is 0. The minimum Gasteiger partial charge on any atom is -0.508 e. The number of rotatable bonds is 0. The number of phenolic OH excluding ortho intramolecular Hbond substituents is 1. The molecule has 3 nitrogen and oxygen atoms in total. The molecule has 0 heterocycles. The second kappa shape index (κ2) is 5.54. The maximum absolute atomic E-state index is 9.46. The molecule has 0 saturated heterocycles. The molecule has 0 amide bonds. The van der Waals surface area contributed by atoms with Crippen molar-refractivity contribution in [3.05, 3.63) is 29.3 Å². The molecule has 0 saturated carbocycles. The predicted octanol–water partition coefficient (Wildman–Crippen LogP) is 3.09. The fourth-order valence-electron chi connectivity index (χ4n) is 1.08. The lowest BCUT2D eigenvalue weighted by Gasteiger charge is -2.19. The smallest absolute Gasteiger partial charge is 0.300 e. The molecule has 0 aromatic heterocycles. The summed E-state index contributed by atoms with van der Waals surface area (Å²) in [6.07, 6.45) is 0. The summed E-state index contributed by atoms with van der Waals surface area (Å²) in [5.41, 5.74) is 2.22. The highest BCUT2D eigenvalue weighted by atomic mass is 16.4. The first-order valence-electron chi connectivity index (χ1n) is 5.14. The Morgan fingerprint density at radius 3 is 2.00 bits per heavy atom. The molecule has 0 fully saturated rings. The highest BCUT2D eigenvalue weighted by molar-refractivity contribution is 5.62. The third-order valence-electron chi connectivity index (χ3n) is 2.08. The number of aliphatic carboxylic acids is 1. The summed E-state index contributed by atoms with van der Waals surface area (Å²) in [5, 5.41) is 16.9. The molecular weight excluding hydrogens is 204 g/mol. The van der Waals surface area contributed by atoms with Gasteiger partial charge in [0.1, 0.15) is 5.75 Å². The molecule has 1 aromatic rings. The molecule has 0 radical (unpaired) electrons. The van der Waals surface area contributed by atoms with Gasteiger partial charge in [0.25, 0.3) is 5.97 Å². The summed E-state index contributed by atoms with van der Waals surface area (Å²) in [4.78, 5) is 9.00. The molecule has 3 heteroatoms. The van der Waals surface area contributed by atoms with Crippen LogP contribution in [-0.4, -0.2) is 16.2 Å². The van der Waals surface area contributed by atoms with Gasteiger partial charge in [-0.25, -0.2) is 0 Å². The van der Waals surface area contributed by atoms with Crippen molar-refractivity contribution in [1.82, 2.24) is 0 Å². The Kier molecular flexibility index (Phi) is 5.02. The number of carbonyl (C=O) groups is 1. The number of benzene rings is 1. The van der Waals surface area contributed by atoms with Crippen LogP contribution in [0, 0.1) is 6.92 Å². The van der Waals surface area contributed by atoms with E-state index in [9.17, 15) is 5.11 Å². The zero-order chi connectivity index (χ0) is 12.9. The average Bonchev–Trinajstić information content (AvgIpc) is 2.06. The van der Waals surface area contributed by atoms with Gasteiger partial charge in [0.05, 0.1) is 0 Å². The molecule has 0 spiro atoms. The SMILES string of the molecule is CC(=O)O.Cc1ccc(C(C)(C)C)cc1O. The Bertz CT molecular complexity index is 358. The fourth-order valence-corrected chi connectivity index (χ4v) is 1.08. The van der Waals surface area contributed by atoms with Crippen LogP contribution in [0.15, 0.2) is 18.2 Å². The molecule has 16 heavy (non-hydrogen) atoms. The summed E-state index contributed by atoms with van der Waals surface area (Å²) in [6.45, 7) is 9.40. The van der Waals surface area contributed by atoms with E-state index >= 15 is 0 Å². The maximum atomic E-state index is 9.46. The lowest BCUT2D eigenvalue weighted by atomic mass is 9.86. The lowest BCUT2D eigenvalue weighted by molar-refractivity contribution is -0.134. The van der Waals surface area contributed by atoms with E-state index < -0.39 is 5.97 Å². The van der Waals surface area contributed by atoms with Crippen LogP contribution >= 0.6 is 0 Å². The summed E-state index contributed by atoms with van der Waals surface area (Å²) >= 11 is 0. The largest absolute Gasteiger partial charge is 0.508 e. The molecule has 90 valence electrons. The Balaban J connectivity index is 0.000000487. The van der Waals surface area contributed by atoms with Crippen LogP contribution < -0.4 is 0 Å². The fraction of sp³-hybridized carbons (Fsp3) is 0.462. The van der Waals surface area contributed by atoms with Gasteiger partial charge in [-0.15, -0.1) is 0 Å². The van der Waals surface area contributed by atoms with Gasteiger partial charge in [-0.2, -0.15) is 0 Å². The Labute approximate surface area is 96.7 Å².